The third kappa shape index (κ3) is 6.70. The average Bonchev–Trinajstić information content (AvgIpc) is 2.85. The second-order valence-corrected chi connectivity index (χ2v) is 7.98. The monoisotopic (exact) mass is 448 g/mol. The molecule has 0 spiro atoms. The molecule has 1 aliphatic heterocycles. The van der Waals surface area contributed by atoms with Crippen molar-refractivity contribution in [3.63, 3.8) is 0 Å². The van der Waals surface area contributed by atoms with Crippen LogP contribution in [-0.2, 0) is 13.0 Å². The van der Waals surface area contributed by atoms with Gasteiger partial charge < -0.3 is 19.5 Å². The molecule has 0 aromatic heterocycles. The molecule has 0 saturated carbocycles. The van der Waals surface area contributed by atoms with Crippen molar-refractivity contribution in [1.29, 1.82) is 0 Å². The van der Waals surface area contributed by atoms with Gasteiger partial charge in [-0.25, -0.2) is 0 Å². The maximum Gasteiger partial charge on any atom is 0.273 e. The number of nitro benzene ring substituents is 1. The highest BCUT2D eigenvalue weighted by Crippen LogP contribution is 2.31. The van der Waals surface area contributed by atoms with Crippen LogP contribution in [-0.4, -0.2) is 30.7 Å². The molecule has 1 atom stereocenters. The van der Waals surface area contributed by atoms with Gasteiger partial charge in [0, 0.05) is 18.7 Å². The van der Waals surface area contributed by atoms with E-state index in [2.05, 4.69) is 11.4 Å². The molecule has 1 heterocycles. The van der Waals surface area contributed by atoms with Crippen LogP contribution in [0.15, 0.2) is 72.8 Å². The molecule has 1 aliphatic rings. The van der Waals surface area contributed by atoms with Gasteiger partial charge in [-0.05, 0) is 49.1 Å². The predicted molar refractivity (Wildman–Crippen MR) is 126 cm³/mol. The first-order valence-corrected chi connectivity index (χ1v) is 11.2. The van der Waals surface area contributed by atoms with E-state index in [1.54, 1.807) is 12.1 Å². The lowest BCUT2D eigenvalue weighted by molar-refractivity contribution is -0.384. The van der Waals surface area contributed by atoms with Crippen LogP contribution >= 0.6 is 0 Å². The van der Waals surface area contributed by atoms with E-state index < -0.39 is 4.92 Å². The SMILES string of the molecule is O=[N+]([O-])c1cccc(OCCCNCC2CCc3ccc(OCc4ccccc4)cc3O2)c1. The number of hydrogen-bond donors (Lipinski definition) is 1. The zero-order valence-electron chi connectivity index (χ0n) is 18.4. The Balaban J connectivity index is 1.17. The standard InChI is InChI=1S/C26H28N2O5/c29-28(30)22-8-4-9-23(16-22)31-15-5-14-27-18-25-13-11-21-10-12-24(17-26(21)33-25)32-19-20-6-2-1-3-7-20/h1-4,6-10,12,16-17,25,27H,5,11,13-15,18-19H2. The van der Waals surface area contributed by atoms with Gasteiger partial charge in [0.2, 0.25) is 0 Å². The summed E-state index contributed by atoms with van der Waals surface area (Å²) in [7, 11) is 0. The first-order chi connectivity index (χ1) is 16.2. The Morgan fingerprint density at radius 3 is 2.70 bits per heavy atom. The summed E-state index contributed by atoms with van der Waals surface area (Å²) in [5, 5.41) is 14.2. The Hall–Kier alpha value is -3.58. The molecule has 4 rings (SSSR count). The lowest BCUT2D eigenvalue weighted by Gasteiger charge is -2.27. The molecular weight excluding hydrogens is 420 g/mol. The van der Waals surface area contributed by atoms with E-state index in [9.17, 15) is 10.1 Å². The number of hydrogen-bond acceptors (Lipinski definition) is 6. The second-order valence-electron chi connectivity index (χ2n) is 7.98. The number of nitrogens with one attached hydrogen (secondary N) is 1. The van der Waals surface area contributed by atoms with E-state index in [-0.39, 0.29) is 11.8 Å². The number of rotatable bonds is 11. The smallest absolute Gasteiger partial charge is 0.273 e. The van der Waals surface area contributed by atoms with Crippen molar-refractivity contribution in [2.75, 3.05) is 19.7 Å². The average molecular weight is 449 g/mol. The van der Waals surface area contributed by atoms with Crippen molar-refractivity contribution in [3.8, 4) is 17.2 Å². The van der Waals surface area contributed by atoms with Gasteiger partial charge in [0.1, 0.15) is 30.0 Å². The van der Waals surface area contributed by atoms with Crippen LogP contribution < -0.4 is 19.5 Å². The summed E-state index contributed by atoms with van der Waals surface area (Å²) in [6, 6.07) is 22.4. The fourth-order valence-electron chi connectivity index (χ4n) is 3.72. The Bertz CT molecular complexity index is 1060. The number of aryl methyl sites for hydroxylation is 1. The minimum atomic E-state index is -0.422. The Morgan fingerprint density at radius 2 is 1.85 bits per heavy atom. The molecule has 3 aromatic carbocycles. The van der Waals surface area contributed by atoms with Gasteiger partial charge >= 0.3 is 0 Å². The third-order valence-electron chi connectivity index (χ3n) is 5.48. The zero-order valence-corrected chi connectivity index (χ0v) is 18.4. The molecule has 1 unspecified atom stereocenters. The molecule has 0 fully saturated rings. The normalized spacial score (nSPS) is 14.7. The largest absolute Gasteiger partial charge is 0.493 e. The summed E-state index contributed by atoms with van der Waals surface area (Å²) in [6.07, 6.45) is 2.86. The van der Waals surface area contributed by atoms with Crippen molar-refractivity contribution < 1.29 is 19.1 Å². The Morgan fingerprint density at radius 1 is 1.00 bits per heavy atom. The molecule has 7 heteroatoms. The molecule has 172 valence electrons. The van der Waals surface area contributed by atoms with Gasteiger partial charge in [0.05, 0.1) is 17.6 Å². The van der Waals surface area contributed by atoms with Crippen LogP contribution in [0.2, 0.25) is 0 Å². The zero-order chi connectivity index (χ0) is 22.9. The summed E-state index contributed by atoms with van der Waals surface area (Å²) in [6.45, 7) is 2.56. The highest BCUT2D eigenvalue weighted by atomic mass is 16.6. The van der Waals surface area contributed by atoms with Crippen molar-refractivity contribution in [2.24, 2.45) is 0 Å². The van der Waals surface area contributed by atoms with Crippen LogP contribution in [0.25, 0.3) is 0 Å². The summed E-state index contributed by atoms with van der Waals surface area (Å²) < 4.78 is 17.7. The quantitative estimate of drug-likeness (QED) is 0.255. The lowest BCUT2D eigenvalue weighted by Crippen LogP contribution is -2.35. The number of nitrogens with zero attached hydrogens (tertiary/aromatic N) is 1. The van der Waals surface area contributed by atoms with Gasteiger partial charge in [-0.15, -0.1) is 0 Å². The molecule has 0 amide bonds. The molecule has 0 bridgehead atoms. The summed E-state index contributed by atoms with van der Waals surface area (Å²) in [4.78, 5) is 10.4. The van der Waals surface area contributed by atoms with Gasteiger partial charge in [0.15, 0.2) is 0 Å². The molecule has 0 radical (unpaired) electrons. The van der Waals surface area contributed by atoms with E-state index in [1.807, 2.05) is 42.5 Å². The molecule has 33 heavy (non-hydrogen) atoms. The third-order valence-corrected chi connectivity index (χ3v) is 5.48. The minimum absolute atomic E-state index is 0.0361. The Kier molecular flexibility index (Phi) is 7.76. The van der Waals surface area contributed by atoms with Gasteiger partial charge in [-0.2, -0.15) is 0 Å². The van der Waals surface area contributed by atoms with E-state index in [1.165, 1.54) is 17.7 Å². The molecule has 1 N–H and O–H groups in total. The number of nitro groups is 1. The number of ether oxygens (including phenoxy) is 3. The van der Waals surface area contributed by atoms with Crippen LogP contribution in [0, 0.1) is 10.1 Å². The van der Waals surface area contributed by atoms with E-state index in [0.717, 1.165) is 49.4 Å². The first-order valence-electron chi connectivity index (χ1n) is 11.2. The van der Waals surface area contributed by atoms with Crippen molar-refractivity contribution >= 4 is 5.69 Å². The van der Waals surface area contributed by atoms with E-state index in [0.29, 0.717) is 19.0 Å². The maximum atomic E-state index is 10.8. The first kappa shape index (κ1) is 22.6. The number of benzene rings is 3. The van der Waals surface area contributed by atoms with Crippen molar-refractivity contribution in [3.05, 3.63) is 94.0 Å². The molecule has 0 aliphatic carbocycles. The van der Waals surface area contributed by atoms with Gasteiger partial charge in [-0.1, -0.05) is 42.5 Å². The lowest BCUT2D eigenvalue weighted by atomic mass is 10.0. The van der Waals surface area contributed by atoms with Crippen LogP contribution in [0.3, 0.4) is 0 Å². The fourth-order valence-corrected chi connectivity index (χ4v) is 3.72. The minimum Gasteiger partial charge on any atom is -0.493 e. The number of fused-ring (bicyclic) bond motifs is 1. The maximum absolute atomic E-state index is 10.8. The van der Waals surface area contributed by atoms with E-state index >= 15 is 0 Å². The van der Waals surface area contributed by atoms with Gasteiger partial charge in [-0.3, -0.25) is 10.1 Å². The molecule has 7 nitrogen and oxygen atoms in total. The van der Waals surface area contributed by atoms with Crippen molar-refractivity contribution in [2.45, 2.75) is 32.0 Å². The van der Waals surface area contributed by atoms with Crippen LogP contribution in [0.4, 0.5) is 5.69 Å². The summed E-state index contributed by atoms with van der Waals surface area (Å²) in [5.41, 5.74) is 2.38. The fraction of sp³-hybridized carbons (Fsp3) is 0.308. The van der Waals surface area contributed by atoms with Gasteiger partial charge in [0.25, 0.3) is 5.69 Å². The molecule has 3 aromatic rings. The highest BCUT2D eigenvalue weighted by molar-refractivity contribution is 5.42. The van der Waals surface area contributed by atoms with E-state index in [4.69, 9.17) is 14.2 Å². The predicted octanol–water partition coefficient (Wildman–Crippen LogP) is 4.93. The topological polar surface area (TPSA) is 82.9 Å². The number of non-ortho nitro benzene ring substituents is 1. The van der Waals surface area contributed by atoms with Crippen LogP contribution in [0.1, 0.15) is 24.0 Å². The highest BCUT2D eigenvalue weighted by Gasteiger charge is 2.20. The summed E-state index contributed by atoms with van der Waals surface area (Å²) in [5.74, 6) is 2.22. The Labute approximate surface area is 193 Å². The summed E-state index contributed by atoms with van der Waals surface area (Å²) >= 11 is 0. The second kappa shape index (κ2) is 11.3. The van der Waals surface area contributed by atoms with Crippen molar-refractivity contribution in [1.82, 2.24) is 5.32 Å². The molecule has 0 saturated heterocycles. The molecular formula is C26H28N2O5. The van der Waals surface area contributed by atoms with Crippen LogP contribution in [0.5, 0.6) is 17.2 Å².